The van der Waals surface area contributed by atoms with E-state index in [4.69, 9.17) is 15.2 Å². The van der Waals surface area contributed by atoms with E-state index in [0.29, 0.717) is 0 Å². The van der Waals surface area contributed by atoms with Gasteiger partial charge in [0.1, 0.15) is 12.1 Å². The zero-order valence-electron chi connectivity index (χ0n) is 14.3. The van der Waals surface area contributed by atoms with Crippen LogP contribution < -0.4 is 11.1 Å². The zero-order chi connectivity index (χ0) is 18.5. The molecule has 0 fully saturated rings. The third kappa shape index (κ3) is 9.09. The van der Waals surface area contributed by atoms with Gasteiger partial charge in [0.15, 0.2) is 0 Å². The van der Waals surface area contributed by atoms with Crippen molar-refractivity contribution in [1.29, 1.82) is 0 Å². The predicted octanol–water partition coefficient (Wildman–Crippen LogP) is -0.342. The van der Waals surface area contributed by atoms with E-state index < -0.39 is 35.9 Å². The minimum atomic E-state index is -0.962. The first-order valence-corrected chi connectivity index (χ1v) is 7.80. The Morgan fingerprint density at radius 2 is 1.58 bits per heavy atom. The molecule has 1 amide bonds. The number of hydrogen-bond donors (Lipinski definition) is 2. The molecule has 9 heteroatoms. The Labute approximate surface area is 141 Å². The molecule has 0 heterocycles. The first-order chi connectivity index (χ1) is 11.3. The highest BCUT2D eigenvalue weighted by atomic mass is 16.5. The number of nitrogens with two attached hydrogens (primary N) is 1. The summed E-state index contributed by atoms with van der Waals surface area (Å²) >= 11 is 0. The van der Waals surface area contributed by atoms with Crippen LogP contribution in [0.1, 0.15) is 39.5 Å². The van der Waals surface area contributed by atoms with Crippen molar-refractivity contribution < 1.29 is 33.4 Å². The summed E-state index contributed by atoms with van der Waals surface area (Å²) in [6.07, 6.45) is 0.0449. The van der Waals surface area contributed by atoms with Crippen molar-refractivity contribution in [3.8, 4) is 0 Å². The maximum atomic E-state index is 11.9. The maximum absolute atomic E-state index is 11.9. The van der Waals surface area contributed by atoms with Gasteiger partial charge < -0.3 is 25.3 Å². The second kappa shape index (κ2) is 12.3. The molecule has 9 nitrogen and oxygen atoms in total. The summed E-state index contributed by atoms with van der Waals surface area (Å²) in [7, 11) is 1.20. The lowest BCUT2D eigenvalue weighted by atomic mass is 10.1. The molecule has 0 aliphatic rings. The number of ether oxygens (including phenoxy) is 3. The van der Waals surface area contributed by atoms with Gasteiger partial charge in [0.05, 0.1) is 20.3 Å². The predicted molar refractivity (Wildman–Crippen MR) is 83.7 cm³/mol. The number of amides is 1. The molecule has 0 spiro atoms. The Hall–Kier alpha value is -2.16. The van der Waals surface area contributed by atoms with Crippen LogP contribution in [-0.4, -0.2) is 56.2 Å². The van der Waals surface area contributed by atoms with Gasteiger partial charge in [0.25, 0.3) is 0 Å². The summed E-state index contributed by atoms with van der Waals surface area (Å²) in [6.45, 7) is 3.70. The molecule has 0 rings (SSSR count). The van der Waals surface area contributed by atoms with Crippen molar-refractivity contribution in [3.05, 3.63) is 0 Å². The van der Waals surface area contributed by atoms with Crippen LogP contribution in [0.15, 0.2) is 0 Å². The molecule has 3 N–H and O–H groups in total. The van der Waals surface area contributed by atoms with E-state index in [0.717, 1.165) is 0 Å². The molecule has 0 aromatic carbocycles. The van der Waals surface area contributed by atoms with Crippen molar-refractivity contribution in [1.82, 2.24) is 5.32 Å². The van der Waals surface area contributed by atoms with Crippen LogP contribution in [0.5, 0.6) is 0 Å². The monoisotopic (exact) mass is 346 g/mol. The molecule has 0 aliphatic carbocycles. The zero-order valence-corrected chi connectivity index (χ0v) is 14.3. The summed E-state index contributed by atoms with van der Waals surface area (Å²) in [5, 5.41) is 2.48. The van der Waals surface area contributed by atoms with Gasteiger partial charge in [-0.1, -0.05) is 0 Å². The molecular weight excluding hydrogens is 320 g/mol. The highest BCUT2D eigenvalue weighted by Gasteiger charge is 2.24. The normalized spacial score (nSPS) is 12.7. The summed E-state index contributed by atoms with van der Waals surface area (Å²) in [4.78, 5) is 46.3. The minimum absolute atomic E-state index is 0.0285. The number of rotatable bonds is 11. The largest absolute Gasteiger partial charge is 0.468 e. The van der Waals surface area contributed by atoms with E-state index in [-0.39, 0.29) is 38.9 Å². The third-order valence-corrected chi connectivity index (χ3v) is 3.04. The molecule has 0 aromatic rings. The van der Waals surface area contributed by atoms with Gasteiger partial charge in [-0.3, -0.25) is 14.4 Å². The Kier molecular flexibility index (Phi) is 11.2. The van der Waals surface area contributed by atoms with Crippen molar-refractivity contribution in [2.45, 2.75) is 51.6 Å². The van der Waals surface area contributed by atoms with Crippen LogP contribution in [0.4, 0.5) is 0 Å². The molecule has 138 valence electrons. The Morgan fingerprint density at radius 3 is 2.12 bits per heavy atom. The second-order valence-electron chi connectivity index (χ2n) is 4.88. The van der Waals surface area contributed by atoms with Crippen molar-refractivity contribution in [2.24, 2.45) is 5.73 Å². The van der Waals surface area contributed by atoms with E-state index in [9.17, 15) is 19.2 Å². The van der Waals surface area contributed by atoms with Crippen LogP contribution >= 0.6 is 0 Å². The summed E-state index contributed by atoms with van der Waals surface area (Å²) in [6, 6.07) is -1.88. The molecule has 0 bridgehead atoms. The van der Waals surface area contributed by atoms with E-state index in [1.807, 2.05) is 0 Å². The van der Waals surface area contributed by atoms with Gasteiger partial charge in [-0.2, -0.15) is 0 Å². The SMILES string of the molecule is CCOC(=O)CC[C@H](NC(=O)CC[C@H](N)C(=O)OC)C(=O)OCC. The second-order valence-corrected chi connectivity index (χ2v) is 4.88. The average Bonchev–Trinajstić information content (AvgIpc) is 2.55. The number of carbonyl (C=O) groups is 4. The highest BCUT2D eigenvalue weighted by Crippen LogP contribution is 2.04. The average molecular weight is 346 g/mol. The Bertz CT molecular complexity index is 440. The van der Waals surface area contributed by atoms with Crippen LogP contribution in [0.3, 0.4) is 0 Å². The first kappa shape index (κ1) is 21.8. The minimum Gasteiger partial charge on any atom is -0.468 e. The lowest BCUT2D eigenvalue weighted by Gasteiger charge is -2.17. The number of nitrogens with one attached hydrogen (secondary N) is 1. The standard InChI is InChI=1S/C15H26N2O7/c1-4-23-13(19)9-7-11(15(21)24-5-2)17-12(18)8-6-10(16)14(20)22-3/h10-11H,4-9,16H2,1-3H3,(H,17,18)/t10-,11-/m0/s1. The molecule has 24 heavy (non-hydrogen) atoms. The van der Waals surface area contributed by atoms with E-state index in [1.54, 1.807) is 13.8 Å². The van der Waals surface area contributed by atoms with Gasteiger partial charge in [-0.05, 0) is 26.7 Å². The number of methoxy groups -OCH3 is 1. The maximum Gasteiger partial charge on any atom is 0.328 e. The van der Waals surface area contributed by atoms with Gasteiger partial charge in [0, 0.05) is 12.8 Å². The van der Waals surface area contributed by atoms with Crippen molar-refractivity contribution in [3.63, 3.8) is 0 Å². The highest BCUT2D eigenvalue weighted by molar-refractivity contribution is 5.85. The fraction of sp³-hybridized carbons (Fsp3) is 0.733. The molecule has 0 unspecified atom stereocenters. The third-order valence-electron chi connectivity index (χ3n) is 3.04. The van der Waals surface area contributed by atoms with E-state index >= 15 is 0 Å². The quantitative estimate of drug-likeness (QED) is 0.383. The lowest BCUT2D eigenvalue weighted by Crippen LogP contribution is -2.43. The smallest absolute Gasteiger partial charge is 0.328 e. The molecule has 2 atom stereocenters. The van der Waals surface area contributed by atoms with Crippen LogP contribution in [0, 0.1) is 0 Å². The Balaban J connectivity index is 4.51. The van der Waals surface area contributed by atoms with Crippen molar-refractivity contribution >= 4 is 23.8 Å². The summed E-state index contributed by atoms with van der Waals surface area (Å²) in [5.41, 5.74) is 5.54. The van der Waals surface area contributed by atoms with Crippen LogP contribution in [0.2, 0.25) is 0 Å². The van der Waals surface area contributed by atoms with Gasteiger partial charge in [0.2, 0.25) is 5.91 Å². The number of hydrogen-bond acceptors (Lipinski definition) is 8. The van der Waals surface area contributed by atoms with E-state index in [1.165, 1.54) is 7.11 Å². The summed E-state index contributed by atoms with van der Waals surface area (Å²) in [5.74, 6) is -2.19. The molecule has 0 saturated heterocycles. The van der Waals surface area contributed by atoms with Crippen LogP contribution in [0.25, 0.3) is 0 Å². The number of carbonyl (C=O) groups excluding carboxylic acids is 4. The fourth-order valence-corrected chi connectivity index (χ4v) is 1.81. The van der Waals surface area contributed by atoms with Gasteiger partial charge >= 0.3 is 17.9 Å². The molecule has 0 radical (unpaired) electrons. The molecule has 0 aromatic heterocycles. The van der Waals surface area contributed by atoms with Crippen LogP contribution in [-0.2, 0) is 33.4 Å². The molecular formula is C15H26N2O7. The molecule has 0 aliphatic heterocycles. The lowest BCUT2D eigenvalue weighted by molar-refractivity contribution is -0.149. The van der Waals surface area contributed by atoms with Gasteiger partial charge in [-0.15, -0.1) is 0 Å². The number of esters is 3. The summed E-state index contributed by atoms with van der Waals surface area (Å²) < 4.78 is 14.1. The van der Waals surface area contributed by atoms with E-state index in [2.05, 4.69) is 10.1 Å². The van der Waals surface area contributed by atoms with Crippen molar-refractivity contribution in [2.75, 3.05) is 20.3 Å². The Morgan fingerprint density at radius 1 is 0.958 bits per heavy atom. The fourth-order valence-electron chi connectivity index (χ4n) is 1.81. The topological polar surface area (TPSA) is 134 Å². The van der Waals surface area contributed by atoms with Gasteiger partial charge in [-0.25, -0.2) is 4.79 Å². The molecule has 0 saturated carbocycles. The first-order valence-electron chi connectivity index (χ1n) is 7.80.